The first-order chi connectivity index (χ1) is 9.04. The molecular weight excluding hydrogens is 331 g/mol. The van der Waals surface area contributed by atoms with Gasteiger partial charge in [0.2, 0.25) is 0 Å². The topological polar surface area (TPSA) is 38.9 Å². The third kappa shape index (κ3) is 4.27. The number of hydrogen-bond donors (Lipinski definition) is 1. The van der Waals surface area contributed by atoms with Gasteiger partial charge in [-0.15, -0.1) is 0 Å². The third-order valence-electron chi connectivity index (χ3n) is 2.76. The van der Waals surface area contributed by atoms with Crippen LogP contribution in [0.1, 0.15) is 11.3 Å². The highest BCUT2D eigenvalue weighted by atomic mass is 79.9. The minimum Gasteiger partial charge on any atom is -0.327 e. The fourth-order valence-electron chi connectivity index (χ4n) is 1.84. The van der Waals surface area contributed by atoms with Crippen LogP contribution in [0.15, 0.2) is 41.0 Å². The predicted octanol–water partition coefficient (Wildman–Crippen LogP) is 3.75. The Morgan fingerprint density at radius 2 is 2.05 bits per heavy atom. The first-order valence-corrected chi connectivity index (χ1v) is 7.01. The summed E-state index contributed by atoms with van der Waals surface area (Å²) in [6, 6.07) is 8.13. The van der Waals surface area contributed by atoms with E-state index in [-0.39, 0.29) is 11.9 Å². The van der Waals surface area contributed by atoms with Gasteiger partial charge in [0.05, 0.1) is 0 Å². The molecule has 0 saturated heterocycles. The largest absolute Gasteiger partial charge is 0.327 e. The summed E-state index contributed by atoms with van der Waals surface area (Å²) in [5, 5.41) is 0.416. The van der Waals surface area contributed by atoms with Crippen molar-refractivity contribution in [3.63, 3.8) is 0 Å². The molecule has 2 rings (SSSR count). The molecule has 0 radical (unpaired) electrons. The zero-order chi connectivity index (χ0) is 13.8. The van der Waals surface area contributed by atoms with Gasteiger partial charge in [0.15, 0.2) is 0 Å². The SMILES string of the molecule is NC(Cc1ccc(Br)cn1)Cc1ccc(F)cc1Cl. The van der Waals surface area contributed by atoms with E-state index in [9.17, 15) is 4.39 Å². The summed E-state index contributed by atoms with van der Waals surface area (Å²) < 4.78 is 13.9. The average Bonchev–Trinajstić information content (AvgIpc) is 2.36. The molecular formula is C14H13BrClFN2. The molecule has 1 aromatic carbocycles. The average molecular weight is 344 g/mol. The van der Waals surface area contributed by atoms with Crippen LogP contribution in [0.4, 0.5) is 4.39 Å². The van der Waals surface area contributed by atoms with Crippen molar-refractivity contribution in [2.24, 2.45) is 5.73 Å². The molecule has 2 nitrogen and oxygen atoms in total. The van der Waals surface area contributed by atoms with Gasteiger partial charge in [0.1, 0.15) is 5.82 Å². The fraction of sp³-hybridized carbons (Fsp3) is 0.214. The molecule has 0 aliphatic carbocycles. The molecule has 2 aromatic rings. The van der Waals surface area contributed by atoms with Gasteiger partial charge < -0.3 is 5.73 Å². The normalized spacial score (nSPS) is 12.4. The lowest BCUT2D eigenvalue weighted by atomic mass is 10.0. The van der Waals surface area contributed by atoms with E-state index in [1.54, 1.807) is 12.3 Å². The quantitative estimate of drug-likeness (QED) is 0.918. The lowest BCUT2D eigenvalue weighted by Gasteiger charge is -2.12. The smallest absolute Gasteiger partial charge is 0.124 e. The van der Waals surface area contributed by atoms with Crippen LogP contribution in [0.5, 0.6) is 0 Å². The summed E-state index contributed by atoms with van der Waals surface area (Å²) in [6.07, 6.45) is 2.99. The van der Waals surface area contributed by atoms with E-state index in [1.165, 1.54) is 12.1 Å². The van der Waals surface area contributed by atoms with E-state index in [1.807, 2.05) is 12.1 Å². The van der Waals surface area contributed by atoms with Crippen molar-refractivity contribution in [2.75, 3.05) is 0 Å². The molecule has 5 heteroatoms. The Hall–Kier alpha value is -0.970. The second kappa shape index (κ2) is 6.46. The van der Waals surface area contributed by atoms with E-state index in [0.29, 0.717) is 17.9 Å². The maximum Gasteiger partial charge on any atom is 0.124 e. The molecule has 100 valence electrons. The molecule has 19 heavy (non-hydrogen) atoms. The first-order valence-electron chi connectivity index (χ1n) is 5.84. The second-order valence-corrected chi connectivity index (χ2v) is 5.69. The molecule has 0 fully saturated rings. The van der Waals surface area contributed by atoms with Gasteiger partial charge in [-0.05, 0) is 52.2 Å². The van der Waals surface area contributed by atoms with Crippen LogP contribution >= 0.6 is 27.5 Å². The molecule has 1 atom stereocenters. The lowest BCUT2D eigenvalue weighted by molar-refractivity contribution is 0.622. The van der Waals surface area contributed by atoms with Crippen molar-refractivity contribution in [1.29, 1.82) is 0 Å². The van der Waals surface area contributed by atoms with Crippen molar-refractivity contribution in [2.45, 2.75) is 18.9 Å². The second-order valence-electron chi connectivity index (χ2n) is 4.37. The Labute approximate surface area is 124 Å². The zero-order valence-electron chi connectivity index (χ0n) is 10.1. The summed E-state index contributed by atoms with van der Waals surface area (Å²) in [7, 11) is 0. The lowest BCUT2D eigenvalue weighted by Crippen LogP contribution is -2.26. The molecule has 1 unspecified atom stereocenters. The number of halogens is 3. The monoisotopic (exact) mass is 342 g/mol. The number of nitrogens with zero attached hydrogens (tertiary/aromatic N) is 1. The number of nitrogens with two attached hydrogens (primary N) is 1. The van der Waals surface area contributed by atoms with E-state index >= 15 is 0 Å². The van der Waals surface area contributed by atoms with Crippen LogP contribution in [0, 0.1) is 5.82 Å². The molecule has 0 bridgehead atoms. The van der Waals surface area contributed by atoms with E-state index in [2.05, 4.69) is 20.9 Å². The van der Waals surface area contributed by atoms with Gasteiger partial charge in [-0.1, -0.05) is 17.7 Å². The summed E-state index contributed by atoms with van der Waals surface area (Å²) in [4.78, 5) is 4.28. The molecule has 0 spiro atoms. The molecule has 0 aliphatic rings. The maximum absolute atomic E-state index is 12.9. The van der Waals surface area contributed by atoms with Crippen molar-refractivity contribution in [3.05, 3.63) is 63.1 Å². The van der Waals surface area contributed by atoms with Gasteiger partial charge in [-0.25, -0.2) is 4.39 Å². The molecule has 0 amide bonds. The molecule has 2 N–H and O–H groups in total. The number of hydrogen-bond acceptors (Lipinski definition) is 2. The van der Waals surface area contributed by atoms with Crippen molar-refractivity contribution in [1.82, 2.24) is 4.98 Å². The van der Waals surface area contributed by atoms with Crippen molar-refractivity contribution < 1.29 is 4.39 Å². The van der Waals surface area contributed by atoms with Crippen LogP contribution in [-0.4, -0.2) is 11.0 Å². The Bertz CT molecular complexity index is 560. The van der Waals surface area contributed by atoms with Crippen LogP contribution in [0.3, 0.4) is 0 Å². The molecule has 1 heterocycles. The fourth-order valence-corrected chi connectivity index (χ4v) is 2.32. The van der Waals surface area contributed by atoms with Gasteiger partial charge in [-0.3, -0.25) is 4.98 Å². The molecule has 1 aromatic heterocycles. The Morgan fingerprint density at radius 1 is 1.26 bits per heavy atom. The van der Waals surface area contributed by atoms with Crippen LogP contribution in [0.2, 0.25) is 5.02 Å². The Balaban J connectivity index is 2.01. The van der Waals surface area contributed by atoms with Gasteiger partial charge in [0, 0.05) is 33.8 Å². The van der Waals surface area contributed by atoms with Crippen molar-refractivity contribution >= 4 is 27.5 Å². The summed E-state index contributed by atoms with van der Waals surface area (Å²) in [5.74, 6) is -0.336. The van der Waals surface area contributed by atoms with E-state index < -0.39 is 0 Å². The minimum atomic E-state index is -0.336. The number of rotatable bonds is 4. The third-order valence-corrected chi connectivity index (χ3v) is 3.58. The first kappa shape index (κ1) is 14.4. The highest BCUT2D eigenvalue weighted by Crippen LogP contribution is 2.19. The molecule has 0 saturated carbocycles. The van der Waals surface area contributed by atoms with Gasteiger partial charge in [-0.2, -0.15) is 0 Å². The van der Waals surface area contributed by atoms with E-state index in [4.69, 9.17) is 17.3 Å². The minimum absolute atomic E-state index is 0.100. The highest BCUT2D eigenvalue weighted by molar-refractivity contribution is 9.10. The Morgan fingerprint density at radius 3 is 2.68 bits per heavy atom. The summed E-state index contributed by atoms with van der Waals surface area (Å²) in [5.41, 5.74) is 7.86. The molecule has 0 aliphatic heterocycles. The van der Waals surface area contributed by atoms with Gasteiger partial charge >= 0.3 is 0 Å². The zero-order valence-corrected chi connectivity index (χ0v) is 12.5. The highest BCUT2D eigenvalue weighted by Gasteiger charge is 2.09. The predicted molar refractivity (Wildman–Crippen MR) is 78.7 cm³/mol. The summed E-state index contributed by atoms with van der Waals surface area (Å²) >= 11 is 9.32. The van der Waals surface area contributed by atoms with Crippen LogP contribution in [-0.2, 0) is 12.8 Å². The van der Waals surface area contributed by atoms with Gasteiger partial charge in [0.25, 0.3) is 0 Å². The number of aromatic nitrogens is 1. The maximum atomic E-state index is 12.9. The Kier molecular flexibility index (Phi) is 4.91. The number of pyridine rings is 1. The number of benzene rings is 1. The van der Waals surface area contributed by atoms with Crippen molar-refractivity contribution in [3.8, 4) is 0 Å². The summed E-state index contributed by atoms with van der Waals surface area (Å²) in [6.45, 7) is 0. The standard InChI is InChI=1S/C14H13BrClFN2/c15-10-2-4-13(19-8-10)7-12(18)5-9-1-3-11(17)6-14(9)16/h1-4,6,8,12H,5,7,18H2. The van der Waals surface area contributed by atoms with Crippen LogP contribution in [0.25, 0.3) is 0 Å². The van der Waals surface area contributed by atoms with E-state index in [0.717, 1.165) is 15.7 Å². The van der Waals surface area contributed by atoms with Crippen LogP contribution < -0.4 is 5.73 Å².